The van der Waals surface area contributed by atoms with Crippen molar-refractivity contribution in [3.05, 3.63) is 57.2 Å². The number of carbonyl (C=O) groups excluding carboxylic acids is 1. The van der Waals surface area contributed by atoms with E-state index >= 15 is 0 Å². The second-order valence-corrected chi connectivity index (χ2v) is 6.20. The van der Waals surface area contributed by atoms with Gasteiger partial charge in [-0.25, -0.2) is 10.4 Å². The molecule has 8 heteroatoms. The van der Waals surface area contributed by atoms with Gasteiger partial charge in [-0.05, 0) is 30.7 Å². The van der Waals surface area contributed by atoms with Gasteiger partial charge in [-0.1, -0.05) is 28.1 Å². The molecule has 2 rings (SSSR count). The molecule has 1 amide bonds. The summed E-state index contributed by atoms with van der Waals surface area (Å²) in [5.41, 5.74) is 4.77. The van der Waals surface area contributed by atoms with Crippen molar-refractivity contribution < 1.29 is 14.3 Å². The van der Waals surface area contributed by atoms with Gasteiger partial charge in [-0.15, -0.1) is 0 Å². The number of nitrogens with zero attached hydrogens (tertiary/aromatic N) is 3. The Morgan fingerprint density at radius 2 is 2.27 bits per heavy atom. The molecule has 0 saturated heterocycles. The molecule has 26 heavy (non-hydrogen) atoms. The monoisotopic (exact) mass is 416 g/mol. The number of methoxy groups -OCH3 is 1. The fourth-order valence-electron chi connectivity index (χ4n) is 2.14. The molecule has 0 spiro atoms. The second kappa shape index (κ2) is 9.65. The number of nitriles is 1. The first-order valence-electron chi connectivity index (χ1n) is 7.63. The van der Waals surface area contributed by atoms with Crippen molar-refractivity contribution in [2.75, 3.05) is 13.7 Å². The lowest BCUT2D eigenvalue weighted by Gasteiger charge is -2.10. The molecule has 0 fully saturated rings. The SMILES string of the molecule is COCc1cc(C)nc(OCC(=O)NN=Cc2cccc(Br)c2)c1C#N. The number of pyridine rings is 1. The molecule has 0 bridgehead atoms. The van der Waals surface area contributed by atoms with Crippen molar-refractivity contribution in [1.29, 1.82) is 5.26 Å². The van der Waals surface area contributed by atoms with E-state index in [0.717, 1.165) is 10.0 Å². The van der Waals surface area contributed by atoms with E-state index in [1.807, 2.05) is 30.3 Å². The highest BCUT2D eigenvalue weighted by molar-refractivity contribution is 9.10. The van der Waals surface area contributed by atoms with Crippen LogP contribution in [-0.2, 0) is 16.1 Å². The van der Waals surface area contributed by atoms with Crippen LogP contribution in [0.4, 0.5) is 0 Å². The molecule has 0 saturated carbocycles. The summed E-state index contributed by atoms with van der Waals surface area (Å²) in [6.07, 6.45) is 1.52. The van der Waals surface area contributed by atoms with E-state index in [9.17, 15) is 10.1 Å². The Hall–Kier alpha value is -2.76. The van der Waals surface area contributed by atoms with Crippen LogP contribution in [0.15, 0.2) is 39.9 Å². The number of amides is 1. The van der Waals surface area contributed by atoms with Crippen LogP contribution in [-0.4, -0.2) is 30.8 Å². The molecule has 1 heterocycles. The number of rotatable bonds is 7. The van der Waals surface area contributed by atoms with Gasteiger partial charge in [0.25, 0.3) is 5.91 Å². The third-order valence-corrected chi connectivity index (χ3v) is 3.69. The van der Waals surface area contributed by atoms with E-state index < -0.39 is 5.91 Å². The van der Waals surface area contributed by atoms with Crippen LogP contribution < -0.4 is 10.2 Å². The Morgan fingerprint density at radius 1 is 1.46 bits per heavy atom. The number of aromatic nitrogens is 1. The zero-order valence-electron chi connectivity index (χ0n) is 14.3. The van der Waals surface area contributed by atoms with Gasteiger partial charge >= 0.3 is 0 Å². The van der Waals surface area contributed by atoms with E-state index in [-0.39, 0.29) is 24.7 Å². The number of hydrogen-bond acceptors (Lipinski definition) is 6. The van der Waals surface area contributed by atoms with Gasteiger partial charge in [0.05, 0.1) is 12.8 Å². The number of aryl methyl sites for hydroxylation is 1. The maximum atomic E-state index is 11.9. The predicted octanol–water partition coefficient (Wildman–Crippen LogP) is 2.70. The van der Waals surface area contributed by atoms with Crippen LogP contribution in [0.25, 0.3) is 0 Å². The second-order valence-electron chi connectivity index (χ2n) is 5.28. The van der Waals surface area contributed by atoms with Crippen LogP contribution in [0.2, 0.25) is 0 Å². The maximum absolute atomic E-state index is 11.9. The number of ether oxygens (including phenoxy) is 2. The number of hydrazone groups is 1. The van der Waals surface area contributed by atoms with Gasteiger partial charge in [0.2, 0.25) is 5.88 Å². The molecule has 1 aromatic carbocycles. The van der Waals surface area contributed by atoms with Crippen LogP contribution in [0.3, 0.4) is 0 Å². The van der Waals surface area contributed by atoms with Crippen LogP contribution >= 0.6 is 15.9 Å². The molecule has 1 aromatic heterocycles. The van der Waals surface area contributed by atoms with Crippen molar-refractivity contribution in [3.63, 3.8) is 0 Å². The van der Waals surface area contributed by atoms with Crippen molar-refractivity contribution in [3.8, 4) is 11.9 Å². The maximum Gasteiger partial charge on any atom is 0.278 e. The summed E-state index contributed by atoms with van der Waals surface area (Å²) < 4.78 is 11.4. The molecule has 0 atom stereocenters. The van der Waals surface area contributed by atoms with E-state index in [0.29, 0.717) is 11.3 Å². The minimum atomic E-state index is -0.461. The lowest BCUT2D eigenvalue weighted by Crippen LogP contribution is -2.25. The number of nitrogens with one attached hydrogen (secondary N) is 1. The minimum Gasteiger partial charge on any atom is -0.467 e. The van der Waals surface area contributed by atoms with Crippen molar-refractivity contribution >= 4 is 28.1 Å². The predicted molar refractivity (Wildman–Crippen MR) is 99.8 cm³/mol. The molecule has 2 aromatic rings. The summed E-state index contributed by atoms with van der Waals surface area (Å²) in [5, 5.41) is 13.2. The zero-order valence-corrected chi connectivity index (χ0v) is 15.9. The highest BCUT2D eigenvalue weighted by Crippen LogP contribution is 2.21. The Morgan fingerprint density at radius 3 is 2.96 bits per heavy atom. The van der Waals surface area contributed by atoms with Gasteiger partial charge in [0.1, 0.15) is 11.6 Å². The van der Waals surface area contributed by atoms with E-state index in [1.165, 1.54) is 13.3 Å². The largest absolute Gasteiger partial charge is 0.467 e. The number of halogens is 1. The first-order chi connectivity index (χ1) is 12.5. The summed E-state index contributed by atoms with van der Waals surface area (Å²) in [6, 6.07) is 11.2. The summed E-state index contributed by atoms with van der Waals surface area (Å²) in [6.45, 7) is 1.72. The van der Waals surface area contributed by atoms with Crippen molar-refractivity contribution in [2.24, 2.45) is 5.10 Å². The van der Waals surface area contributed by atoms with Crippen molar-refractivity contribution in [2.45, 2.75) is 13.5 Å². The Bertz CT molecular complexity index is 862. The van der Waals surface area contributed by atoms with Crippen LogP contribution in [0.1, 0.15) is 22.4 Å². The van der Waals surface area contributed by atoms with Gasteiger partial charge in [0.15, 0.2) is 6.61 Å². The topological polar surface area (TPSA) is 96.6 Å². The van der Waals surface area contributed by atoms with Gasteiger partial charge in [0, 0.05) is 22.8 Å². The average Bonchev–Trinajstić information content (AvgIpc) is 2.60. The lowest BCUT2D eigenvalue weighted by atomic mass is 10.1. The fourth-order valence-corrected chi connectivity index (χ4v) is 2.55. The molecule has 7 nitrogen and oxygen atoms in total. The normalized spacial score (nSPS) is 10.5. The molecule has 0 aliphatic rings. The van der Waals surface area contributed by atoms with Crippen LogP contribution in [0.5, 0.6) is 5.88 Å². The van der Waals surface area contributed by atoms with E-state index in [4.69, 9.17) is 9.47 Å². The summed E-state index contributed by atoms with van der Waals surface area (Å²) in [7, 11) is 1.54. The first-order valence-corrected chi connectivity index (χ1v) is 8.42. The van der Waals surface area contributed by atoms with Gasteiger partial charge in [-0.3, -0.25) is 4.79 Å². The summed E-state index contributed by atoms with van der Waals surface area (Å²) in [4.78, 5) is 16.0. The highest BCUT2D eigenvalue weighted by atomic mass is 79.9. The van der Waals surface area contributed by atoms with E-state index in [2.05, 4.69) is 31.4 Å². The Kier molecular flexibility index (Phi) is 7.26. The molecule has 0 unspecified atom stereocenters. The Labute approximate surface area is 159 Å². The summed E-state index contributed by atoms with van der Waals surface area (Å²) >= 11 is 3.36. The van der Waals surface area contributed by atoms with Crippen molar-refractivity contribution in [1.82, 2.24) is 10.4 Å². The standard InChI is InChI=1S/C18H17BrN4O3/c1-12-6-14(10-25-2)16(8-20)18(22-12)26-11-17(24)23-21-9-13-4-3-5-15(19)7-13/h3-7,9H,10-11H2,1-2H3,(H,23,24). The zero-order chi connectivity index (χ0) is 18.9. The van der Waals surface area contributed by atoms with Gasteiger partial charge in [-0.2, -0.15) is 10.4 Å². The molecule has 134 valence electrons. The Balaban J connectivity index is 1.98. The molecule has 0 aliphatic heterocycles. The highest BCUT2D eigenvalue weighted by Gasteiger charge is 2.14. The molecule has 0 aliphatic carbocycles. The number of carbonyl (C=O) groups is 1. The smallest absolute Gasteiger partial charge is 0.278 e. The third kappa shape index (κ3) is 5.65. The first kappa shape index (κ1) is 19.6. The van der Waals surface area contributed by atoms with Gasteiger partial charge < -0.3 is 9.47 Å². The number of hydrogen-bond donors (Lipinski definition) is 1. The molecule has 1 N–H and O–H groups in total. The molecule has 0 radical (unpaired) electrons. The quantitative estimate of drug-likeness (QED) is 0.552. The molecular weight excluding hydrogens is 400 g/mol. The molecular formula is C18H17BrN4O3. The minimum absolute atomic E-state index is 0.102. The average molecular weight is 417 g/mol. The summed E-state index contributed by atoms with van der Waals surface area (Å²) in [5.74, 6) is -0.359. The fraction of sp³-hybridized carbons (Fsp3) is 0.222. The van der Waals surface area contributed by atoms with E-state index in [1.54, 1.807) is 13.0 Å². The number of benzene rings is 1. The third-order valence-electron chi connectivity index (χ3n) is 3.20. The van der Waals surface area contributed by atoms with Crippen LogP contribution in [0, 0.1) is 18.3 Å². The lowest BCUT2D eigenvalue weighted by molar-refractivity contribution is -0.123.